The van der Waals surface area contributed by atoms with Gasteiger partial charge in [0.25, 0.3) is 15.9 Å². The van der Waals surface area contributed by atoms with Crippen LogP contribution in [0.15, 0.2) is 76.7 Å². The van der Waals surface area contributed by atoms with Gasteiger partial charge in [0.05, 0.1) is 23.4 Å². The third kappa shape index (κ3) is 5.12. The number of carbonyl (C=O) groups excluding carboxylic acids is 1. The molecule has 10 heteroatoms. The summed E-state index contributed by atoms with van der Waals surface area (Å²) in [6.45, 7) is 2.71. The minimum absolute atomic E-state index is 0.0707. The molecule has 3 aromatic rings. The van der Waals surface area contributed by atoms with Crippen molar-refractivity contribution in [2.75, 3.05) is 25.0 Å². The molecule has 0 fully saturated rings. The summed E-state index contributed by atoms with van der Waals surface area (Å²) in [5.74, 6) is 1.10. The topological polar surface area (TPSA) is 115 Å². The van der Waals surface area contributed by atoms with Crippen molar-refractivity contribution in [2.24, 2.45) is 5.10 Å². The lowest BCUT2D eigenvalue weighted by atomic mass is 10.1. The fraction of sp³-hybridized carbons (Fsp3) is 0.167. The van der Waals surface area contributed by atoms with E-state index in [1.807, 2.05) is 6.07 Å². The highest BCUT2D eigenvalue weighted by Crippen LogP contribution is 2.31. The van der Waals surface area contributed by atoms with E-state index < -0.39 is 15.9 Å². The van der Waals surface area contributed by atoms with E-state index in [2.05, 4.69) is 15.2 Å². The number of anilines is 1. The van der Waals surface area contributed by atoms with Crippen LogP contribution >= 0.6 is 0 Å². The molecule has 3 aromatic carbocycles. The molecule has 0 spiro atoms. The van der Waals surface area contributed by atoms with Crippen molar-refractivity contribution in [3.63, 3.8) is 0 Å². The number of amides is 1. The second-order valence-electron chi connectivity index (χ2n) is 7.33. The average Bonchev–Trinajstić information content (AvgIpc) is 2.87. The number of sulfonamides is 1. The quantitative estimate of drug-likeness (QED) is 0.395. The smallest absolute Gasteiger partial charge is 0.271 e. The molecule has 1 heterocycles. The van der Waals surface area contributed by atoms with Crippen LogP contribution in [0.3, 0.4) is 0 Å². The number of fused-ring (bicyclic) bond motifs is 1. The number of carbonyl (C=O) groups is 1. The summed E-state index contributed by atoms with van der Waals surface area (Å²) < 4.78 is 44.5. The lowest BCUT2D eigenvalue weighted by Gasteiger charge is -2.18. The number of para-hydroxylation sites is 2. The number of rotatable bonds is 7. The maximum Gasteiger partial charge on any atom is 0.271 e. The zero-order chi connectivity index (χ0) is 24.1. The number of hydrogen-bond donors (Lipinski definition) is 2. The molecule has 34 heavy (non-hydrogen) atoms. The summed E-state index contributed by atoms with van der Waals surface area (Å²) in [5.41, 5.74) is 4.20. The maximum atomic E-state index is 12.9. The lowest BCUT2D eigenvalue weighted by molar-refractivity contribution is 0.0954. The van der Waals surface area contributed by atoms with Gasteiger partial charge in [-0.15, -0.1) is 0 Å². The summed E-state index contributed by atoms with van der Waals surface area (Å²) in [6, 6.07) is 17.7. The first-order valence-electron chi connectivity index (χ1n) is 10.4. The highest BCUT2D eigenvalue weighted by molar-refractivity contribution is 7.92. The number of benzene rings is 3. The molecule has 0 unspecified atom stereocenters. The molecule has 1 amide bonds. The molecule has 9 nitrogen and oxygen atoms in total. The third-order valence-electron chi connectivity index (χ3n) is 5.04. The van der Waals surface area contributed by atoms with E-state index in [4.69, 9.17) is 14.2 Å². The van der Waals surface area contributed by atoms with E-state index in [9.17, 15) is 13.2 Å². The summed E-state index contributed by atoms with van der Waals surface area (Å²) in [4.78, 5) is 12.6. The maximum absolute atomic E-state index is 12.9. The summed E-state index contributed by atoms with van der Waals surface area (Å²) in [6.07, 6.45) is 0. The monoisotopic (exact) mass is 481 g/mol. The molecular formula is C24H23N3O6S. The van der Waals surface area contributed by atoms with Gasteiger partial charge in [-0.05, 0) is 55.5 Å². The molecule has 4 rings (SSSR count). The van der Waals surface area contributed by atoms with E-state index in [-0.39, 0.29) is 10.5 Å². The number of ether oxygens (including phenoxy) is 3. The van der Waals surface area contributed by atoms with Crippen LogP contribution in [0.5, 0.6) is 17.2 Å². The van der Waals surface area contributed by atoms with Crippen molar-refractivity contribution in [3.05, 3.63) is 77.9 Å². The predicted octanol–water partition coefficient (Wildman–Crippen LogP) is 3.42. The highest BCUT2D eigenvalue weighted by Gasteiger charge is 2.18. The Morgan fingerprint density at radius 3 is 2.50 bits per heavy atom. The molecule has 1 aliphatic heterocycles. The third-order valence-corrected chi connectivity index (χ3v) is 6.41. The first kappa shape index (κ1) is 23.1. The van der Waals surface area contributed by atoms with Crippen LogP contribution in [0.2, 0.25) is 0 Å². The fourth-order valence-electron chi connectivity index (χ4n) is 3.27. The Hall–Kier alpha value is -4.05. The summed E-state index contributed by atoms with van der Waals surface area (Å²) in [7, 11) is -2.51. The second-order valence-corrected chi connectivity index (χ2v) is 9.01. The van der Waals surface area contributed by atoms with Gasteiger partial charge in [-0.2, -0.15) is 5.10 Å². The van der Waals surface area contributed by atoms with Gasteiger partial charge in [0.15, 0.2) is 11.5 Å². The minimum atomic E-state index is -3.96. The molecule has 0 bridgehead atoms. The molecule has 0 radical (unpaired) electrons. The van der Waals surface area contributed by atoms with Gasteiger partial charge >= 0.3 is 0 Å². The van der Waals surface area contributed by atoms with Crippen molar-refractivity contribution in [1.82, 2.24) is 5.43 Å². The number of methoxy groups -OCH3 is 1. The van der Waals surface area contributed by atoms with Gasteiger partial charge in [-0.25, -0.2) is 13.8 Å². The van der Waals surface area contributed by atoms with Gasteiger partial charge in [0.2, 0.25) is 0 Å². The van der Waals surface area contributed by atoms with Crippen LogP contribution in [0.1, 0.15) is 22.8 Å². The van der Waals surface area contributed by atoms with E-state index in [1.165, 1.54) is 31.4 Å². The Morgan fingerprint density at radius 2 is 1.71 bits per heavy atom. The van der Waals surface area contributed by atoms with E-state index >= 15 is 0 Å². The SMILES string of the molecule is COc1ccccc1NS(=O)(=O)c1cccc(C(=O)NN=C(C)c2ccc3c(c2)OCCO3)c1. The van der Waals surface area contributed by atoms with Crippen LogP contribution < -0.4 is 24.4 Å². The average molecular weight is 482 g/mol. The van der Waals surface area contributed by atoms with Crippen molar-refractivity contribution < 1.29 is 27.4 Å². The minimum Gasteiger partial charge on any atom is -0.495 e. The number of nitrogens with one attached hydrogen (secondary N) is 2. The Morgan fingerprint density at radius 1 is 0.941 bits per heavy atom. The normalized spacial score (nSPS) is 13.2. The fourth-order valence-corrected chi connectivity index (χ4v) is 4.39. The largest absolute Gasteiger partial charge is 0.495 e. The first-order chi connectivity index (χ1) is 16.4. The van der Waals surface area contributed by atoms with E-state index in [0.717, 1.165) is 5.56 Å². The Labute approximate surface area is 197 Å². The van der Waals surface area contributed by atoms with Crippen LogP contribution in [0, 0.1) is 0 Å². The zero-order valence-corrected chi connectivity index (χ0v) is 19.4. The van der Waals surface area contributed by atoms with Gasteiger partial charge in [0, 0.05) is 11.1 Å². The molecule has 0 aromatic heterocycles. The Balaban J connectivity index is 1.49. The van der Waals surface area contributed by atoms with Crippen molar-refractivity contribution in [1.29, 1.82) is 0 Å². The van der Waals surface area contributed by atoms with Gasteiger partial charge in [-0.1, -0.05) is 18.2 Å². The molecule has 0 saturated carbocycles. The van der Waals surface area contributed by atoms with Gasteiger partial charge < -0.3 is 14.2 Å². The van der Waals surface area contributed by atoms with Crippen LogP contribution in [0.4, 0.5) is 5.69 Å². The molecule has 2 N–H and O–H groups in total. The van der Waals surface area contributed by atoms with Crippen molar-refractivity contribution in [3.8, 4) is 17.2 Å². The van der Waals surface area contributed by atoms with Crippen molar-refractivity contribution >= 4 is 27.3 Å². The number of nitrogens with zero attached hydrogens (tertiary/aromatic N) is 1. The van der Waals surface area contributed by atoms with Gasteiger partial charge in [-0.3, -0.25) is 9.52 Å². The summed E-state index contributed by atoms with van der Waals surface area (Å²) in [5, 5.41) is 4.14. The predicted molar refractivity (Wildman–Crippen MR) is 127 cm³/mol. The van der Waals surface area contributed by atoms with Crippen molar-refractivity contribution in [2.45, 2.75) is 11.8 Å². The molecule has 0 aliphatic carbocycles. The Kier molecular flexibility index (Phi) is 6.69. The van der Waals surface area contributed by atoms with Crippen LogP contribution in [0.25, 0.3) is 0 Å². The Bertz CT molecular complexity index is 1350. The zero-order valence-electron chi connectivity index (χ0n) is 18.6. The highest BCUT2D eigenvalue weighted by atomic mass is 32.2. The first-order valence-corrected chi connectivity index (χ1v) is 11.9. The molecule has 0 atom stereocenters. The van der Waals surface area contributed by atoms with E-state index in [1.54, 1.807) is 43.3 Å². The second kappa shape index (κ2) is 9.84. The van der Waals surface area contributed by atoms with E-state index in [0.29, 0.717) is 41.9 Å². The number of hydrazone groups is 1. The molecule has 0 saturated heterocycles. The molecule has 1 aliphatic rings. The lowest BCUT2D eigenvalue weighted by Crippen LogP contribution is -2.20. The number of hydrogen-bond acceptors (Lipinski definition) is 7. The molecular weight excluding hydrogens is 458 g/mol. The standard InChI is InChI=1S/C24H23N3O6S/c1-16(17-10-11-22-23(15-17)33-13-12-32-22)25-26-24(28)18-6-5-7-19(14-18)34(29,30)27-20-8-3-4-9-21(20)31-2/h3-11,14-15,27H,12-13H2,1-2H3,(H,26,28). The van der Waals surface area contributed by atoms with Crippen LogP contribution in [-0.2, 0) is 10.0 Å². The van der Waals surface area contributed by atoms with Crippen LogP contribution in [-0.4, -0.2) is 40.4 Å². The molecule has 176 valence electrons. The van der Waals surface area contributed by atoms with Gasteiger partial charge in [0.1, 0.15) is 19.0 Å². The summed E-state index contributed by atoms with van der Waals surface area (Å²) >= 11 is 0.